The number of urea groups is 1. The van der Waals surface area contributed by atoms with E-state index in [1.807, 2.05) is 24.3 Å². The summed E-state index contributed by atoms with van der Waals surface area (Å²) < 4.78 is 1.08. The van der Waals surface area contributed by atoms with Crippen LogP contribution in [0.25, 0.3) is 20.8 Å². The van der Waals surface area contributed by atoms with E-state index in [0.29, 0.717) is 16.4 Å². The highest BCUT2D eigenvalue weighted by Crippen LogP contribution is 2.36. The van der Waals surface area contributed by atoms with Crippen LogP contribution in [-0.4, -0.2) is 11.0 Å². The molecule has 126 valence electrons. The number of hydrogen-bond donors (Lipinski definition) is 2. The second kappa shape index (κ2) is 7.51. The summed E-state index contributed by atoms with van der Waals surface area (Å²) in [6.45, 7) is 5.40. The largest absolute Gasteiger partial charge is 0.323 e. The second-order valence-corrected chi connectivity index (χ2v) is 6.81. The number of rotatable bonds is 4. The Kier molecular flexibility index (Phi) is 5.16. The van der Waals surface area contributed by atoms with E-state index in [1.54, 1.807) is 48.6 Å². The third-order valence-corrected chi connectivity index (χ3v) is 4.74. The molecule has 0 aliphatic heterocycles. The van der Waals surface area contributed by atoms with E-state index >= 15 is 0 Å². The zero-order valence-corrected chi connectivity index (χ0v) is 15.1. The molecular formula is C19H16ClN3OS. The lowest BCUT2D eigenvalue weighted by Crippen LogP contribution is -2.27. The average molecular weight is 370 g/mol. The minimum atomic E-state index is -0.333. The Morgan fingerprint density at radius 1 is 1.28 bits per heavy atom. The zero-order valence-electron chi connectivity index (χ0n) is 13.5. The smallest absolute Gasteiger partial charge is 0.312 e. The van der Waals surface area contributed by atoms with Crippen molar-refractivity contribution in [2.45, 2.75) is 6.92 Å². The summed E-state index contributed by atoms with van der Waals surface area (Å²) in [6, 6.07) is 12.9. The van der Waals surface area contributed by atoms with E-state index in [0.717, 1.165) is 20.8 Å². The van der Waals surface area contributed by atoms with Crippen molar-refractivity contribution in [1.29, 1.82) is 0 Å². The number of allylic oxidation sites excluding steroid dienone is 3. The van der Waals surface area contributed by atoms with E-state index < -0.39 is 0 Å². The number of halogens is 1. The monoisotopic (exact) mass is 369 g/mol. The molecule has 1 heterocycles. The van der Waals surface area contributed by atoms with Gasteiger partial charge in [-0.1, -0.05) is 36.4 Å². The number of amides is 2. The van der Waals surface area contributed by atoms with Gasteiger partial charge in [0.05, 0.1) is 15.9 Å². The molecule has 0 bridgehead atoms. The number of nitrogens with one attached hydrogen (secondary N) is 2. The highest BCUT2D eigenvalue weighted by Gasteiger charge is 2.13. The first-order valence-electron chi connectivity index (χ1n) is 7.59. The maximum atomic E-state index is 12.2. The first-order chi connectivity index (χ1) is 12.1. The van der Waals surface area contributed by atoms with Crippen LogP contribution in [-0.2, 0) is 0 Å². The van der Waals surface area contributed by atoms with Gasteiger partial charge in [0.1, 0.15) is 5.01 Å². The van der Waals surface area contributed by atoms with Crippen LogP contribution >= 0.6 is 22.9 Å². The molecule has 0 radical (unpaired) electrons. The van der Waals surface area contributed by atoms with Gasteiger partial charge in [-0.05, 0) is 43.3 Å². The van der Waals surface area contributed by atoms with Crippen molar-refractivity contribution in [1.82, 2.24) is 10.3 Å². The molecule has 3 aromatic rings. The molecule has 0 saturated heterocycles. The Labute approximate surface area is 154 Å². The van der Waals surface area contributed by atoms with E-state index in [-0.39, 0.29) is 6.03 Å². The van der Waals surface area contributed by atoms with Crippen LogP contribution in [0.2, 0.25) is 5.02 Å². The van der Waals surface area contributed by atoms with Crippen LogP contribution in [0.15, 0.2) is 66.9 Å². The SMILES string of the molecule is C=C/C=C(\C)NC(=O)Nc1ccc(Cl)cc1-c1nc2ccccc2s1. The Bertz CT molecular complexity index is 945. The van der Waals surface area contributed by atoms with Crippen LogP contribution < -0.4 is 10.6 Å². The van der Waals surface area contributed by atoms with E-state index in [1.165, 1.54) is 0 Å². The summed E-state index contributed by atoms with van der Waals surface area (Å²) in [5, 5.41) is 6.98. The average Bonchev–Trinajstić information content (AvgIpc) is 3.00. The standard InChI is InChI=1S/C19H16ClN3OS/c1-3-6-12(2)21-19(24)23-15-10-9-13(20)11-14(15)18-22-16-7-4-5-8-17(16)25-18/h3-11H,1H2,2H3,(H2,21,23,24)/b12-6+. The highest BCUT2D eigenvalue weighted by molar-refractivity contribution is 7.21. The lowest BCUT2D eigenvalue weighted by molar-refractivity contribution is 0.254. The molecule has 0 fully saturated rings. The fourth-order valence-electron chi connectivity index (χ4n) is 2.34. The van der Waals surface area contributed by atoms with Crippen LogP contribution in [0.5, 0.6) is 0 Å². The van der Waals surface area contributed by atoms with Gasteiger partial charge in [0.15, 0.2) is 0 Å². The summed E-state index contributed by atoms with van der Waals surface area (Å²) in [6.07, 6.45) is 3.33. The van der Waals surface area contributed by atoms with Gasteiger partial charge in [-0.25, -0.2) is 9.78 Å². The summed E-state index contributed by atoms with van der Waals surface area (Å²) in [5.74, 6) is 0. The summed E-state index contributed by atoms with van der Waals surface area (Å²) in [7, 11) is 0. The van der Waals surface area contributed by atoms with E-state index in [9.17, 15) is 4.79 Å². The van der Waals surface area contributed by atoms with Crippen molar-refractivity contribution < 1.29 is 4.79 Å². The van der Waals surface area contributed by atoms with Gasteiger partial charge in [-0.15, -0.1) is 11.3 Å². The first-order valence-corrected chi connectivity index (χ1v) is 8.79. The van der Waals surface area contributed by atoms with Crippen molar-refractivity contribution in [3.05, 3.63) is 71.9 Å². The maximum Gasteiger partial charge on any atom is 0.323 e. The Hall–Kier alpha value is -2.63. The fourth-order valence-corrected chi connectivity index (χ4v) is 3.51. The third kappa shape index (κ3) is 4.07. The molecule has 0 aliphatic rings. The molecule has 4 nitrogen and oxygen atoms in total. The molecule has 0 saturated carbocycles. The van der Waals surface area contributed by atoms with Gasteiger partial charge in [0.2, 0.25) is 0 Å². The molecule has 2 N–H and O–H groups in total. The van der Waals surface area contributed by atoms with Gasteiger partial charge in [0, 0.05) is 16.3 Å². The van der Waals surface area contributed by atoms with E-state index in [2.05, 4.69) is 22.2 Å². The lowest BCUT2D eigenvalue weighted by Gasteiger charge is -2.11. The number of carbonyl (C=O) groups excluding carboxylic acids is 1. The molecule has 0 aliphatic carbocycles. The summed E-state index contributed by atoms with van der Waals surface area (Å²) in [4.78, 5) is 16.8. The zero-order chi connectivity index (χ0) is 17.8. The Balaban J connectivity index is 1.94. The fraction of sp³-hybridized carbons (Fsp3) is 0.0526. The lowest BCUT2D eigenvalue weighted by atomic mass is 10.2. The van der Waals surface area contributed by atoms with Gasteiger partial charge < -0.3 is 10.6 Å². The van der Waals surface area contributed by atoms with Crippen molar-refractivity contribution in [2.24, 2.45) is 0 Å². The normalized spacial score (nSPS) is 11.4. The predicted molar refractivity (Wildman–Crippen MR) is 106 cm³/mol. The van der Waals surface area contributed by atoms with Crippen LogP contribution in [0, 0.1) is 0 Å². The van der Waals surface area contributed by atoms with Gasteiger partial charge in [0.25, 0.3) is 0 Å². The number of aromatic nitrogens is 1. The molecule has 0 spiro atoms. The number of nitrogens with zero attached hydrogens (tertiary/aromatic N) is 1. The first kappa shape index (κ1) is 17.2. The molecule has 0 unspecified atom stereocenters. The molecule has 0 atom stereocenters. The van der Waals surface area contributed by atoms with Crippen molar-refractivity contribution in [3.8, 4) is 10.6 Å². The minimum absolute atomic E-state index is 0.333. The highest BCUT2D eigenvalue weighted by atomic mass is 35.5. The number of para-hydroxylation sites is 1. The summed E-state index contributed by atoms with van der Waals surface area (Å²) in [5.41, 5.74) is 3.05. The van der Waals surface area contributed by atoms with Crippen LogP contribution in [0.3, 0.4) is 0 Å². The van der Waals surface area contributed by atoms with Gasteiger partial charge >= 0.3 is 6.03 Å². The van der Waals surface area contributed by atoms with Gasteiger partial charge in [-0.3, -0.25) is 0 Å². The number of benzene rings is 2. The molecule has 2 amide bonds. The maximum absolute atomic E-state index is 12.2. The third-order valence-electron chi connectivity index (χ3n) is 3.43. The number of hydrogen-bond acceptors (Lipinski definition) is 3. The van der Waals surface area contributed by atoms with Gasteiger partial charge in [-0.2, -0.15) is 0 Å². The number of thiazole rings is 1. The summed E-state index contributed by atoms with van der Waals surface area (Å²) >= 11 is 7.71. The topological polar surface area (TPSA) is 54.0 Å². The molecule has 1 aromatic heterocycles. The Morgan fingerprint density at radius 3 is 2.84 bits per heavy atom. The quantitative estimate of drug-likeness (QED) is 0.568. The van der Waals surface area contributed by atoms with Crippen molar-refractivity contribution in [3.63, 3.8) is 0 Å². The molecule has 25 heavy (non-hydrogen) atoms. The van der Waals surface area contributed by atoms with Crippen LogP contribution in [0.4, 0.5) is 10.5 Å². The van der Waals surface area contributed by atoms with Crippen molar-refractivity contribution >= 4 is 44.9 Å². The predicted octanol–water partition coefficient (Wildman–Crippen LogP) is 5.83. The number of anilines is 1. The molecule has 6 heteroatoms. The molecule has 3 rings (SSSR count). The Morgan fingerprint density at radius 2 is 2.08 bits per heavy atom. The minimum Gasteiger partial charge on any atom is -0.312 e. The number of carbonyl (C=O) groups is 1. The van der Waals surface area contributed by atoms with Crippen molar-refractivity contribution in [2.75, 3.05) is 5.32 Å². The second-order valence-electron chi connectivity index (χ2n) is 5.34. The van der Waals surface area contributed by atoms with E-state index in [4.69, 9.17) is 11.6 Å². The number of fused-ring (bicyclic) bond motifs is 1. The van der Waals surface area contributed by atoms with Crippen LogP contribution in [0.1, 0.15) is 6.92 Å². The molecule has 2 aromatic carbocycles. The molecular weight excluding hydrogens is 354 g/mol.